The molecule has 0 aliphatic carbocycles. The smallest absolute Gasteiger partial charge is 0.334 e. The Labute approximate surface area is 180 Å². The van der Waals surface area contributed by atoms with Gasteiger partial charge in [0.1, 0.15) is 0 Å². The van der Waals surface area contributed by atoms with E-state index in [9.17, 15) is 14.4 Å². The summed E-state index contributed by atoms with van der Waals surface area (Å²) < 4.78 is 5.25. The molecule has 6 nitrogen and oxygen atoms in total. The Morgan fingerprint density at radius 3 is 1.60 bits per heavy atom. The summed E-state index contributed by atoms with van der Waals surface area (Å²) in [6.07, 6.45) is 14.4. The van der Waals surface area contributed by atoms with Crippen molar-refractivity contribution in [3.63, 3.8) is 0 Å². The minimum absolute atomic E-state index is 0.00178. The lowest BCUT2D eigenvalue weighted by Gasteiger charge is -2.13. The molecule has 0 saturated carbocycles. The highest BCUT2D eigenvalue weighted by atomic mass is 16.5. The molecule has 0 aromatic carbocycles. The van der Waals surface area contributed by atoms with Crippen molar-refractivity contribution in [3.8, 4) is 0 Å². The van der Waals surface area contributed by atoms with E-state index in [-0.39, 0.29) is 23.3 Å². The van der Waals surface area contributed by atoms with E-state index in [1.807, 2.05) is 0 Å². The molecular formula is C24H38O6. The number of hydrogen-bond donors (Lipinski definition) is 2. The van der Waals surface area contributed by atoms with Gasteiger partial charge in [0.05, 0.1) is 6.61 Å². The number of esters is 1. The molecule has 0 unspecified atom stereocenters. The SMILES string of the molecule is C=C(C(=O)OCCCCCCCCCCCC)C(C=C(C)C(=O)O)C=C(C)C(=O)O. The average Bonchev–Trinajstić information content (AvgIpc) is 2.70. The first-order valence-corrected chi connectivity index (χ1v) is 10.9. The molecule has 0 fully saturated rings. The number of carboxylic acid groups (broad SMARTS) is 2. The van der Waals surface area contributed by atoms with Crippen LogP contribution in [0, 0.1) is 5.92 Å². The number of unbranched alkanes of at least 4 members (excludes halogenated alkanes) is 9. The number of carboxylic acids is 2. The highest BCUT2D eigenvalue weighted by Gasteiger charge is 2.19. The van der Waals surface area contributed by atoms with Gasteiger partial charge in [0, 0.05) is 22.6 Å². The van der Waals surface area contributed by atoms with Gasteiger partial charge in [0.25, 0.3) is 0 Å². The van der Waals surface area contributed by atoms with Crippen LogP contribution in [0.4, 0.5) is 0 Å². The average molecular weight is 423 g/mol. The Morgan fingerprint density at radius 1 is 0.800 bits per heavy atom. The Kier molecular flexibility index (Phi) is 15.1. The Hall–Kier alpha value is -2.37. The van der Waals surface area contributed by atoms with E-state index >= 15 is 0 Å². The predicted molar refractivity (Wildman–Crippen MR) is 118 cm³/mol. The highest BCUT2D eigenvalue weighted by molar-refractivity contribution is 5.92. The molecule has 0 amide bonds. The van der Waals surface area contributed by atoms with Gasteiger partial charge in [-0.2, -0.15) is 0 Å². The largest absolute Gasteiger partial charge is 0.478 e. The molecule has 30 heavy (non-hydrogen) atoms. The summed E-state index contributed by atoms with van der Waals surface area (Å²) in [5.41, 5.74) is 0.0134. The Balaban J connectivity index is 4.41. The van der Waals surface area contributed by atoms with Crippen molar-refractivity contribution in [2.45, 2.75) is 85.0 Å². The molecule has 0 atom stereocenters. The predicted octanol–water partition coefficient (Wildman–Crippen LogP) is 5.68. The molecule has 0 heterocycles. The van der Waals surface area contributed by atoms with Crippen LogP contribution in [0.5, 0.6) is 0 Å². The summed E-state index contributed by atoms with van der Waals surface area (Å²) in [7, 11) is 0. The van der Waals surface area contributed by atoms with Crippen molar-refractivity contribution in [3.05, 3.63) is 35.5 Å². The fourth-order valence-electron chi connectivity index (χ4n) is 2.91. The van der Waals surface area contributed by atoms with Crippen LogP contribution < -0.4 is 0 Å². The van der Waals surface area contributed by atoms with Crippen LogP contribution in [0.3, 0.4) is 0 Å². The van der Waals surface area contributed by atoms with E-state index in [1.54, 1.807) is 0 Å². The first-order valence-electron chi connectivity index (χ1n) is 10.9. The third kappa shape index (κ3) is 13.0. The van der Waals surface area contributed by atoms with Crippen LogP contribution in [-0.2, 0) is 19.1 Å². The first-order chi connectivity index (χ1) is 14.2. The van der Waals surface area contributed by atoms with Crippen molar-refractivity contribution in [1.82, 2.24) is 0 Å². The fraction of sp³-hybridized carbons (Fsp3) is 0.625. The summed E-state index contributed by atoms with van der Waals surface area (Å²) in [5, 5.41) is 18.1. The number of carbonyl (C=O) groups is 3. The maximum atomic E-state index is 12.3. The monoisotopic (exact) mass is 422 g/mol. The molecule has 0 aliphatic rings. The van der Waals surface area contributed by atoms with E-state index in [2.05, 4.69) is 13.5 Å². The standard InChI is InChI=1S/C24H38O6/c1-5-6-7-8-9-10-11-12-13-14-15-30-24(29)20(4)21(16-18(2)22(25)26)17-19(3)23(27)28/h16-17,21H,4-15H2,1-3H3,(H,25,26)(H,27,28). The lowest BCUT2D eigenvalue weighted by atomic mass is 9.95. The highest BCUT2D eigenvalue weighted by Crippen LogP contribution is 2.19. The maximum absolute atomic E-state index is 12.3. The van der Waals surface area contributed by atoms with Crippen LogP contribution >= 0.6 is 0 Å². The molecule has 0 radical (unpaired) electrons. The van der Waals surface area contributed by atoms with Gasteiger partial charge in [-0.1, -0.05) is 83.4 Å². The summed E-state index contributed by atoms with van der Waals surface area (Å²) in [5.74, 6) is -3.78. The third-order valence-corrected chi connectivity index (χ3v) is 4.93. The summed E-state index contributed by atoms with van der Waals surface area (Å²) in [6, 6.07) is 0. The normalized spacial score (nSPS) is 13.0. The van der Waals surface area contributed by atoms with Gasteiger partial charge in [-0.3, -0.25) is 0 Å². The lowest BCUT2D eigenvalue weighted by molar-refractivity contribution is -0.139. The maximum Gasteiger partial charge on any atom is 0.334 e. The Bertz CT molecular complexity index is 600. The van der Waals surface area contributed by atoms with Gasteiger partial charge in [0.2, 0.25) is 0 Å². The van der Waals surface area contributed by atoms with Gasteiger partial charge < -0.3 is 14.9 Å². The second-order valence-corrected chi connectivity index (χ2v) is 7.68. The molecular weight excluding hydrogens is 384 g/mol. The molecule has 0 aromatic rings. The van der Waals surface area contributed by atoms with Crippen molar-refractivity contribution >= 4 is 17.9 Å². The zero-order valence-electron chi connectivity index (χ0n) is 18.7. The molecule has 6 heteroatoms. The van der Waals surface area contributed by atoms with E-state index in [0.29, 0.717) is 0 Å². The molecule has 0 aromatic heterocycles. The van der Waals surface area contributed by atoms with E-state index < -0.39 is 23.8 Å². The van der Waals surface area contributed by atoms with Gasteiger partial charge >= 0.3 is 17.9 Å². The number of aliphatic carboxylic acids is 2. The van der Waals surface area contributed by atoms with Crippen LogP contribution in [0.2, 0.25) is 0 Å². The first kappa shape index (κ1) is 27.6. The molecule has 0 spiro atoms. The minimum atomic E-state index is -1.15. The summed E-state index contributed by atoms with van der Waals surface area (Å²) in [6.45, 7) is 8.93. The quantitative estimate of drug-likeness (QED) is 0.177. The third-order valence-electron chi connectivity index (χ3n) is 4.93. The van der Waals surface area contributed by atoms with Gasteiger partial charge in [-0.05, 0) is 20.3 Å². The van der Waals surface area contributed by atoms with Crippen molar-refractivity contribution in [2.24, 2.45) is 5.92 Å². The molecule has 2 N–H and O–H groups in total. The van der Waals surface area contributed by atoms with E-state index in [0.717, 1.165) is 19.3 Å². The number of carbonyl (C=O) groups excluding carboxylic acids is 1. The number of allylic oxidation sites excluding steroid dienone is 2. The van der Waals surface area contributed by atoms with E-state index in [4.69, 9.17) is 14.9 Å². The molecule has 0 rings (SSSR count). The fourth-order valence-corrected chi connectivity index (χ4v) is 2.91. The summed E-state index contributed by atoms with van der Waals surface area (Å²) >= 11 is 0. The van der Waals surface area contributed by atoms with Crippen LogP contribution in [0.25, 0.3) is 0 Å². The Morgan fingerprint density at radius 2 is 1.20 bits per heavy atom. The van der Waals surface area contributed by atoms with Crippen molar-refractivity contribution in [2.75, 3.05) is 6.61 Å². The van der Waals surface area contributed by atoms with Gasteiger partial charge in [-0.15, -0.1) is 0 Å². The van der Waals surface area contributed by atoms with E-state index in [1.165, 1.54) is 70.9 Å². The zero-order valence-corrected chi connectivity index (χ0v) is 18.7. The number of hydrogen-bond acceptors (Lipinski definition) is 4. The summed E-state index contributed by atoms with van der Waals surface area (Å²) in [4.78, 5) is 34.4. The second-order valence-electron chi connectivity index (χ2n) is 7.68. The second kappa shape index (κ2) is 16.4. The lowest BCUT2D eigenvalue weighted by Crippen LogP contribution is -2.15. The molecule has 0 bridgehead atoms. The van der Waals surface area contributed by atoms with Crippen molar-refractivity contribution in [1.29, 1.82) is 0 Å². The molecule has 170 valence electrons. The van der Waals surface area contributed by atoms with Crippen molar-refractivity contribution < 1.29 is 29.3 Å². The van der Waals surface area contributed by atoms with Crippen LogP contribution in [-0.4, -0.2) is 34.7 Å². The van der Waals surface area contributed by atoms with Gasteiger partial charge in [-0.25, -0.2) is 14.4 Å². The molecule has 0 aliphatic heterocycles. The van der Waals surface area contributed by atoms with Crippen LogP contribution in [0.1, 0.15) is 85.0 Å². The number of rotatable bonds is 17. The minimum Gasteiger partial charge on any atom is -0.478 e. The molecule has 0 saturated heterocycles. The topological polar surface area (TPSA) is 101 Å². The zero-order chi connectivity index (χ0) is 22.9. The number of ether oxygens (including phenoxy) is 1. The van der Waals surface area contributed by atoms with Gasteiger partial charge in [0.15, 0.2) is 0 Å². The van der Waals surface area contributed by atoms with Crippen LogP contribution in [0.15, 0.2) is 35.5 Å².